The van der Waals surface area contributed by atoms with Crippen LogP contribution in [0.1, 0.15) is 38.6 Å². The third-order valence-corrected chi connectivity index (χ3v) is 4.57. The van der Waals surface area contributed by atoms with Crippen molar-refractivity contribution < 1.29 is 4.90 Å². The largest absolute Gasteiger partial charge is 0.326 e. The molecule has 0 aliphatic carbocycles. The molecule has 1 aromatic heterocycles. The SMILES string of the molecule is CC1CC[NH+]([C@H](C)c2nc3ccccc3c(=O)[nH]2)CC1. The maximum absolute atomic E-state index is 12.1. The Morgan fingerprint density at radius 2 is 2.00 bits per heavy atom. The summed E-state index contributed by atoms with van der Waals surface area (Å²) in [5.41, 5.74) is 0.769. The van der Waals surface area contributed by atoms with Crippen LogP contribution in [0.5, 0.6) is 0 Å². The number of para-hydroxylation sites is 1. The number of nitrogens with zero attached hydrogens (tertiary/aromatic N) is 1. The van der Waals surface area contributed by atoms with Crippen LogP contribution in [0.4, 0.5) is 0 Å². The first kappa shape index (κ1) is 13.3. The van der Waals surface area contributed by atoms with Gasteiger partial charge in [-0.3, -0.25) is 4.79 Å². The van der Waals surface area contributed by atoms with Gasteiger partial charge in [-0.2, -0.15) is 0 Å². The van der Waals surface area contributed by atoms with Crippen molar-refractivity contribution in [2.24, 2.45) is 5.92 Å². The molecule has 2 aromatic rings. The van der Waals surface area contributed by atoms with Gasteiger partial charge in [0.1, 0.15) is 6.04 Å². The average molecular weight is 272 g/mol. The first-order chi connectivity index (χ1) is 9.65. The summed E-state index contributed by atoms with van der Waals surface area (Å²) in [5, 5.41) is 0.672. The smallest absolute Gasteiger partial charge is 0.258 e. The van der Waals surface area contributed by atoms with Crippen LogP contribution in [0.25, 0.3) is 10.9 Å². The molecule has 3 rings (SSSR count). The van der Waals surface area contributed by atoms with E-state index in [2.05, 4.69) is 23.8 Å². The van der Waals surface area contributed by atoms with E-state index in [-0.39, 0.29) is 11.6 Å². The van der Waals surface area contributed by atoms with E-state index >= 15 is 0 Å². The molecule has 4 heteroatoms. The normalized spacial score (nSPS) is 24.7. The molecule has 1 aliphatic rings. The van der Waals surface area contributed by atoms with Crippen molar-refractivity contribution in [2.45, 2.75) is 32.7 Å². The second-order valence-corrected chi connectivity index (χ2v) is 6.03. The standard InChI is InChI=1S/C16H21N3O/c1-11-7-9-19(10-8-11)12(2)15-17-14-6-4-3-5-13(14)16(20)18-15/h3-6,11-12H,7-10H2,1-2H3,(H,17,18,20)/p+1/t12-/m1/s1. The van der Waals surface area contributed by atoms with Crippen LogP contribution in [-0.4, -0.2) is 23.1 Å². The number of rotatable bonds is 2. The molecule has 0 amide bonds. The van der Waals surface area contributed by atoms with Crippen molar-refractivity contribution >= 4 is 10.9 Å². The van der Waals surface area contributed by atoms with Gasteiger partial charge in [0.05, 0.1) is 24.0 Å². The quantitative estimate of drug-likeness (QED) is 0.866. The molecule has 1 fully saturated rings. The summed E-state index contributed by atoms with van der Waals surface area (Å²) < 4.78 is 0. The van der Waals surface area contributed by atoms with E-state index in [9.17, 15) is 4.79 Å². The second kappa shape index (κ2) is 5.37. The number of quaternary nitrogens is 1. The van der Waals surface area contributed by atoms with Gasteiger partial charge < -0.3 is 9.88 Å². The van der Waals surface area contributed by atoms with Crippen molar-refractivity contribution in [2.75, 3.05) is 13.1 Å². The molecule has 20 heavy (non-hydrogen) atoms. The van der Waals surface area contributed by atoms with Crippen LogP contribution in [0.2, 0.25) is 0 Å². The molecule has 0 saturated carbocycles. The Labute approximate surface area is 118 Å². The fourth-order valence-corrected chi connectivity index (χ4v) is 3.07. The number of H-pyrrole nitrogens is 1. The maximum Gasteiger partial charge on any atom is 0.258 e. The lowest BCUT2D eigenvalue weighted by Crippen LogP contribution is -3.13. The van der Waals surface area contributed by atoms with Crippen LogP contribution in [0, 0.1) is 5.92 Å². The molecule has 1 saturated heterocycles. The predicted molar refractivity (Wildman–Crippen MR) is 79.9 cm³/mol. The van der Waals surface area contributed by atoms with E-state index in [1.54, 1.807) is 0 Å². The van der Waals surface area contributed by atoms with Gasteiger partial charge in [-0.1, -0.05) is 19.1 Å². The zero-order valence-electron chi connectivity index (χ0n) is 12.1. The lowest BCUT2D eigenvalue weighted by Gasteiger charge is -2.31. The Balaban J connectivity index is 1.92. The van der Waals surface area contributed by atoms with Crippen molar-refractivity contribution in [1.29, 1.82) is 0 Å². The Morgan fingerprint density at radius 1 is 1.30 bits per heavy atom. The van der Waals surface area contributed by atoms with E-state index < -0.39 is 0 Å². The number of fused-ring (bicyclic) bond motifs is 1. The summed E-state index contributed by atoms with van der Waals surface area (Å²) in [4.78, 5) is 21.3. The summed E-state index contributed by atoms with van der Waals surface area (Å²) in [6, 6.07) is 7.79. The van der Waals surface area contributed by atoms with E-state index in [0.29, 0.717) is 5.39 Å². The minimum atomic E-state index is -0.0257. The Hall–Kier alpha value is -1.68. The predicted octanol–water partition coefficient (Wildman–Crippen LogP) is 1.30. The number of hydrogen-bond acceptors (Lipinski definition) is 2. The molecule has 0 radical (unpaired) electrons. The molecule has 1 aliphatic heterocycles. The van der Waals surface area contributed by atoms with Gasteiger partial charge in [0.2, 0.25) is 0 Å². The summed E-state index contributed by atoms with van der Waals surface area (Å²) in [6.45, 7) is 6.81. The van der Waals surface area contributed by atoms with E-state index in [4.69, 9.17) is 0 Å². The summed E-state index contributed by atoms with van der Waals surface area (Å²) in [6.07, 6.45) is 2.52. The van der Waals surface area contributed by atoms with Gasteiger partial charge in [0, 0.05) is 0 Å². The van der Waals surface area contributed by atoms with Crippen LogP contribution < -0.4 is 10.5 Å². The minimum absolute atomic E-state index is 0.0257. The monoisotopic (exact) mass is 272 g/mol. The lowest BCUT2D eigenvalue weighted by molar-refractivity contribution is -0.936. The topological polar surface area (TPSA) is 50.2 Å². The molecular formula is C16H22N3O+. The molecule has 1 atom stereocenters. The van der Waals surface area contributed by atoms with Gasteiger partial charge in [0.15, 0.2) is 5.82 Å². The first-order valence-corrected chi connectivity index (χ1v) is 7.48. The van der Waals surface area contributed by atoms with Crippen molar-refractivity contribution in [3.8, 4) is 0 Å². The van der Waals surface area contributed by atoms with Gasteiger partial charge >= 0.3 is 0 Å². The Bertz CT molecular complexity index is 656. The van der Waals surface area contributed by atoms with Crippen molar-refractivity contribution in [3.05, 3.63) is 40.4 Å². The zero-order valence-corrected chi connectivity index (χ0v) is 12.1. The fourth-order valence-electron chi connectivity index (χ4n) is 3.07. The highest BCUT2D eigenvalue weighted by molar-refractivity contribution is 5.77. The third-order valence-electron chi connectivity index (χ3n) is 4.57. The molecule has 4 nitrogen and oxygen atoms in total. The number of nitrogens with one attached hydrogen (secondary N) is 2. The summed E-state index contributed by atoms with van der Waals surface area (Å²) >= 11 is 0. The molecular weight excluding hydrogens is 250 g/mol. The molecule has 0 bridgehead atoms. The van der Waals surface area contributed by atoms with Crippen molar-refractivity contribution in [3.63, 3.8) is 0 Å². The van der Waals surface area contributed by atoms with Crippen LogP contribution in [-0.2, 0) is 0 Å². The molecule has 0 spiro atoms. The van der Waals surface area contributed by atoms with Gasteiger partial charge in [-0.25, -0.2) is 4.98 Å². The third kappa shape index (κ3) is 2.48. The van der Waals surface area contributed by atoms with Crippen LogP contribution >= 0.6 is 0 Å². The zero-order chi connectivity index (χ0) is 14.1. The van der Waals surface area contributed by atoms with Gasteiger partial charge in [-0.05, 0) is 37.8 Å². The number of aromatic nitrogens is 2. The number of benzene rings is 1. The van der Waals surface area contributed by atoms with E-state index in [0.717, 1.165) is 17.3 Å². The first-order valence-electron chi connectivity index (χ1n) is 7.48. The Morgan fingerprint density at radius 3 is 2.75 bits per heavy atom. The highest BCUT2D eigenvalue weighted by atomic mass is 16.1. The van der Waals surface area contributed by atoms with Crippen molar-refractivity contribution in [1.82, 2.24) is 9.97 Å². The maximum atomic E-state index is 12.1. The summed E-state index contributed by atoms with van der Waals surface area (Å²) in [7, 11) is 0. The fraction of sp³-hybridized carbons (Fsp3) is 0.500. The van der Waals surface area contributed by atoms with Crippen LogP contribution in [0.15, 0.2) is 29.1 Å². The average Bonchev–Trinajstić information content (AvgIpc) is 2.47. The lowest BCUT2D eigenvalue weighted by atomic mass is 9.98. The van der Waals surface area contributed by atoms with Gasteiger partial charge in [0.25, 0.3) is 5.56 Å². The number of piperidine rings is 1. The second-order valence-electron chi connectivity index (χ2n) is 6.03. The highest BCUT2D eigenvalue weighted by Crippen LogP contribution is 2.12. The van der Waals surface area contributed by atoms with E-state index in [1.807, 2.05) is 24.3 Å². The molecule has 106 valence electrons. The Kier molecular flexibility index (Phi) is 3.57. The highest BCUT2D eigenvalue weighted by Gasteiger charge is 2.26. The molecule has 0 unspecified atom stereocenters. The molecule has 1 aromatic carbocycles. The molecule has 2 heterocycles. The van der Waals surface area contributed by atoms with Crippen LogP contribution in [0.3, 0.4) is 0 Å². The number of aromatic amines is 1. The summed E-state index contributed by atoms with van der Waals surface area (Å²) in [5.74, 6) is 1.65. The van der Waals surface area contributed by atoms with E-state index in [1.165, 1.54) is 30.8 Å². The number of hydrogen-bond donors (Lipinski definition) is 2. The molecule has 2 N–H and O–H groups in total. The number of likely N-dealkylation sites (tertiary alicyclic amines) is 1. The van der Waals surface area contributed by atoms with Gasteiger partial charge in [-0.15, -0.1) is 0 Å². The minimum Gasteiger partial charge on any atom is -0.326 e.